The zero-order valence-electron chi connectivity index (χ0n) is 6.88. The molecule has 1 aromatic rings. The summed E-state index contributed by atoms with van der Waals surface area (Å²) in [5, 5.41) is 2.70. The number of carbonyl (C=O) groups excluding carboxylic acids is 1. The fourth-order valence-corrected chi connectivity index (χ4v) is 1.85. The molecule has 1 N–H and O–H groups in total. The largest absolute Gasteiger partial charge is 0.348 e. The van der Waals surface area contributed by atoms with Gasteiger partial charge in [0.1, 0.15) is 5.88 Å². The van der Waals surface area contributed by atoms with Crippen LogP contribution in [-0.2, 0) is 4.79 Å². The molecule has 0 radical (unpaired) electrons. The van der Waals surface area contributed by atoms with E-state index in [1.54, 1.807) is 6.20 Å². The van der Waals surface area contributed by atoms with Gasteiger partial charge in [-0.15, -0.1) is 22.9 Å². The van der Waals surface area contributed by atoms with E-state index in [2.05, 4.69) is 10.3 Å². The summed E-state index contributed by atoms with van der Waals surface area (Å²) in [5.74, 6) is -0.227. The summed E-state index contributed by atoms with van der Waals surface area (Å²) in [4.78, 5) is 15.7. The number of thiazole rings is 1. The third kappa shape index (κ3) is 3.14. The number of amides is 1. The molecule has 1 amide bonds. The summed E-state index contributed by atoms with van der Waals surface area (Å²) in [6.45, 7) is 1.86. The molecular formula is C7H8Cl2N2OS. The van der Waals surface area contributed by atoms with E-state index < -0.39 is 0 Å². The number of rotatable bonds is 3. The van der Waals surface area contributed by atoms with Crippen molar-refractivity contribution in [2.45, 2.75) is 13.0 Å². The fraction of sp³-hybridized carbons (Fsp3) is 0.429. The lowest BCUT2D eigenvalue weighted by Crippen LogP contribution is -2.26. The van der Waals surface area contributed by atoms with Crippen LogP contribution in [0.2, 0.25) is 4.47 Å². The highest BCUT2D eigenvalue weighted by atomic mass is 35.5. The molecule has 0 fully saturated rings. The number of hydrogen-bond donors (Lipinski definition) is 1. The SMILES string of the molecule is CC(NC(=O)CCl)c1cnc(Cl)s1. The van der Waals surface area contributed by atoms with Gasteiger partial charge in [0.05, 0.1) is 6.04 Å². The standard InChI is InChI=1S/C7H8Cl2N2OS/c1-4(11-6(12)2-8)5-3-10-7(9)13-5/h3-4H,2H2,1H3,(H,11,12). The second kappa shape index (κ2) is 4.79. The third-order valence-corrected chi connectivity index (χ3v) is 2.96. The van der Waals surface area contributed by atoms with Gasteiger partial charge in [-0.25, -0.2) is 4.98 Å². The van der Waals surface area contributed by atoms with Crippen molar-refractivity contribution in [1.29, 1.82) is 0 Å². The van der Waals surface area contributed by atoms with E-state index >= 15 is 0 Å². The van der Waals surface area contributed by atoms with Crippen molar-refractivity contribution < 1.29 is 4.79 Å². The monoisotopic (exact) mass is 238 g/mol. The van der Waals surface area contributed by atoms with E-state index in [4.69, 9.17) is 23.2 Å². The number of halogens is 2. The summed E-state index contributed by atoms with van der Waals surface area (Å²) in [5.41, 5.74) is 0. The van der Waals surface area contributed by atoms with Crippen molar-refractivity contribution >= 4 is 40.4 Å². The van der Waals surface area contributed by atoms with Crippen LogP contribution in [0.1, 0.15) is 17.8 Å². The predicted molar refractivity (Wildman–Crippen MR) is 54.4 cm³/mol. The Morgan fingerprint density at radius 2 is 2.54 bits per heavy atom. The Bertz CT molecular complexity index is 302. The van der Waals surface area contributed by atoms with Gasteiger partial charge in [0, 0.05) is 11.1 Å². The van der Waals surface area contributed by atoms with Gasteiger partial charge < -0.3 is 5.32 Å². The van der Waals surface area contributed by atoms with Crippen molar-refractivity contribution in [3.05, 3.63) is 15.5 Å². The second-order valence-corrected chi connectivity index (χ2v) is 4.35. The highest BCUT2D eigenvalue weighted by Gasteiger charge is 2.11. The summed E-state index contributed by atoms with van der Waals surface area (Å²) < 4.78 is 0.474. The molecule has 0 bridgehead atoms. The average molecular weight is 239 g/mol. The molecule has 13 heavy (non-hydrogen) atoms. The van der Waals surface area contributed by atoms with E-state index in [1.807, 2.05) is 6.92 Å². The minimum Gasteiger partial charge on any atom is -0.348 e. The first kappa shape index (κ1) is 10.8. The molecule has 0 spiro atoms. The van der Waals surface area contributed by atoms with Crippen LogP contribution < -0.4 is 5.32 Å². The maximum atomic E-state index is 10.9. The van der Waals surface area contributed by atoms with Crippen molar-refractivity contribution in [3.8, 4) is 0 Å². The second-order valence-electron chi connectivity index (χ2n) is 2.44. The van der Waals surface area contributed by atoms with Gasteiger partial charge in [0.25, 0.3) is 0 Å². The van der Waals surface area contributed by atoms with Gasteiger partial charge in [-0.05, 0) is 6.92 Å². The predicted octanol–water partition coefficient (Wildman–Crippen LogP) is 2.21. The van der Waals surface area contributed by atoms with Gasteiger partial charge in [0.2, 0.25) is 5.91 Å². The zero-order valence-corrected chi connectivity index (χ0v) is 9.21. The van der Waals surface area contributed by atoms with Crippen LogP contribution >= 0.6 is 34.5 Å². The molecule has 1 aromatic heterocycles. The number of nitrogens with zero attached hydrogens (tertiary/aromatic N) is 1. The van der Waals surface area contributed by atoms with Crippen LogP contribution in [0.25, 0.3) is 0 Å². The van der Waals surface area contributed by atoms with Crippen LogP contribution in [-0.4, -0.2) is 16.8 Å². The Labute approximate surface area is 90.1 Å². The van der Waals surface area contributed by atoms with E-state index in [0.29, 0.717) is 4.47 Å². The van der Waals surface area contributed by atoms with E-state index in [1.165, 1.54) is 11.3 Å². The fourth-order valence-electron chi connectivity index (χ4n) is 0.816. The van der Waals surface area contributed by atoms with Gasteiger partial charge in [-0.2, -0.15) is 0 Å². The summed E-state index contributed by atoms with van der Waals surface area (Å²) in [6.07, 6.45) is 1.65. The Balaban J connectivity index is 2.58. The van der Waals surface area contributed by atoms with Gasteiger partial charge >= 0.3 is 0 Å². The number of alkyl halides is 1. The molecule has 0 saturated heterocycles. The van der Waals surface area contributed by atoms with Crippen LogP contribution in [0, 0.1) is 0 Å². The number of hydrogen-bond acceptors (Lipinski definition) is 3. The molecule has 1 rings (SSSR count). The number of nitrogens with one attached hydrogen (secondary N) is 1. The summed E-state index contributed by atoms with van der Waals surface area (Å²) in [6, 6.07) is -0.0868. The number of aromatic nitrogens is 1. The van der Waals surface area contributed by atoms with Crippen molar-refractivity contribution in [2.75, 3.05) is 5.88 Å². The summed E-state index contributed by atoms with van der Waals surface area (Å²) in [7, 11) is 0. The third-order valence-electron chi connectivity index (χ3n) is 1.42. The van der Waals surface area contributed by atoms with Crippen LogP contribution in [0.15, 0.2) is 6.20 Å². The first-order chi connectivity index (χ1) is 6.13. The van der Waals surface area contributed by atoms with Gasteiger partial charge in [-0.3, -0.25) is 4.79 Å². The number of carbonyl (C=O) groups is 1. The Morgan fingerprint density at radius 3 is 3.00 bits per heavy atom. The van der Waals surface area contributed by atoms with Crippen molar-refractivity contribution in [2.24, 2.45) is 0 Å². The lowest BCUT2D eigenvalue weighted by Gasteiger charge is -2.09. The Kier molecular flexibility index (Phi) is 3.96. The molecule has 0 aliphatic heterocycles. The smallest absolute Gasteiger partial charge is 0.235 e. The average Bonchev–Trinajstić information content (AvgIpc) is 2.51. The molecule has 0 saturated carbocycles. The normalized spacial score (nSPS) is 12.5. The Morgan fingerprint density at radius 1 is 1.85 bits per heavy atom. The molecule has 1 heterocycles. The molecule has 0 aliphatic rings. The topological polar surface area (TPSA) is 42.0 Å². The van der Waals surface area contributed by atoms with E-state index in [-0.39, 0.29) is 17.8 Å². The lowest BCUT2D eigenvalue weighted by atomic mass is 10.3. The van der Waals surface area contributed by atoms with E-state index in [9.17, 15) is 4.79 Å². The minimum atomic E-state index is -0.196. The highest BCUT2D eigenvalue weighted by Crippen LogP contribution is 2.23. The van der Waals surface area contributed by atoms with Crippen molar-refractivity contribution in [1.82, 2.24) is 10.3 Å². The quantitative estimate of drug-likeness (QED) is 0.821. The molecule has 6 heteroatoms. The molecule has 0 aromatic carbocycles. The maximum Gasteiger partial charge on any atom is 0.235 e. The summed E-state index contributed by atoms with van der Waals surface area (Å²) >= 11 is 12.3. The zero-order chi connectivity index (χ0) is 9.84. The maximum absolute atomic E-state index is 10.9. The minimum absolute atomic E-state index is 0.0309. The molecule has 1 atom stereocenters. The van der Waals surface area contributed by atoms with E-state index in [0.717, 1.165) is 4.88 Å². The van der Waals surface area contributed by atoms with Gasteiger partial charge in [-0.1, -0.05) is 11.6 Å². The molecule has 3 nitrogen and oxygen atoms in total. The van der Waals surface area contributed by atoms with Crippen LogP contribution in [0.4, 0.5) is 0 Å². The lowest BCUT2D eigenvalue weighted by molar-refractivity contribution is -0.119. The molecule has 0 aliphatic carbocycles. The highest BCUT2D eigenvalue weighted by molar-refractivity contribution is 7.15. The van der Waals surface area contributed by atoms with Crippen LogP contribution in [0.3, 0.4) is 0 Å². The molecule has 1 unspecified atom stereocenters. The Hall–Kier alpha value is -0.320. The molecular weight excluding hydrogens is 231 g/mol. The first-order valence-electron chi connectivity index (χ1n) is 3.60. The van der Waals surface area contributed by atoms with Crippen molar-refractivity contribution in [3.63, 3.8) is 0 Å². The van der Waals surface area contributed by atoms with Gasteiger partial charge in [0.15, 0.2) is 4.47 Å². The van der Waals surface area contributed by atoms with Crippen LogP contribution in [0.5, 0.6) is 0 Å². The first-order valence-corrected chi connectivity index (χ1v) is 5.33. The molecule has 72 valence electrons.